The largest absolute Gasteiger partial charge is 0.0623 e. The highest BCUT2D eigenvalue weighted by atomic mass is 14.6. The van der Waals surface area contributed by atoms with Crippen LogP contribution in [0.1, 0.15) is 90.0 Å². The number of hydrogen-bond donors (Lipinski definition) is 0. The van der Waals surface area contributed by atoms with Gasteiger partial charge in [0.15, 0.2) is 0 Å². The van der Waals surface area contributed by atoms with Crippen molar-refractivity contribution >= 4 is 0 Å². The van der Waals surface area contributed by atoms with Crippen LogP contribution in [0.4, 0.5) is 0 Å². The Kier molecular flexibility index (Phi) is 5.65. The van der Waals surface area contributed by atoms with Crippen LogP contribution >= 0.6 is 0 Å². The topological polar surface area (TPSA) is 0 Å². The molecule has 0 radical (unpaired) electrons. The molecule has 0 aliphatic carbocycles. The molecule has 0 heteroatoms. The average Bonchev–Trinajstić information content (AvgIpc) is 2.24. The summed E-state index contributed by atoms with van der Waals surface area (Å²) in [4.78, 5) is 0. The first-order valence-electron chi connectivity index (χ1n) is 8.54. The Balaban J connectivity index is 6.02. The van der Waals surface area contributed by atoms with Gasteiger partial charge in [0.05, 0.1) is 0 Å². The maximum Gasteiger partial charge on any atom is -0.0216 e. The fourth-order valence-electron chi connectivity index (χ4n) is 3.84. The zero-order valence-corrected chi connectivity index (χ0v) is 16.7. The van der Waals surface area contributed by atoms with E-state index in [2.05, 4.69) is 90.0 Å². The summed E-state index contributed by atoms with van der Waals surface area (Å²) in [5.41, 5.74) is 1.23. The van der Waals surface area contributed by atoms with Crippen LogP contribution in [-0.2, 0) is 0 Å². The molecule has 0 N–H and O–H groups in total. The average molecular weight is 283 g/mol. The molecule has 0 aromatic carbocycles. The summed E-state index contributed by atoms with van der Waals surface area (Å²) in [5, 5.41) is 0. The first kappa shape index (κ1) is 20.0. The van der Waals surface area contributed by atoms with E-state index < -0.39 is 0 Å². The third-order valence-corrected chi connectivity index (χ3v) is 7.92. The van der Waals surface area contributed by atoms with Gasteiger partial charge in [-0.3, -0.25) is 0 Å². The number of rotatable bonds is 5. The maximum absolute atomic E-state index is 2.54. The van der Waals surface area contributed by atoms with Crippen molar-refractivity contribution in [1.29, 1.82) is 0 Å². The van der Waals surface area contributed by atoms with E-state index >= 15 is 0 Å². The quantitative estimate of drug-likeness (QED) is 0.507. The van der Waals surface area contributed by atoms with Gasteiger partial charge in [-0.25, -0.2) is 0 Å². The van der Waals surface area contributed by atoms with Gasteiger partial charge < -0.3 is 0 Å². The second kappa shape index (κ2) is 5.65. The van der Waals surface area contributed by atoms with Crippen LogP contribution in [-0.4, -0.2) is 0 Å². The molecule has 2 unspecified atom stereocenters. The molecule has 0 bridgehead atoms. The fourth-order valence-corrected chi connectivity index (χ4v) is 3.84. The Morgan fingerprint density at radius 3 is 1.10 bits per heavy atom. The third kappa shape index (κ3) is 2.95. The van der Waals surface area contributed by atoms with Crippen LogP contribution in [0, 0.1) is 39.4 Å². The van der Waals surface area contributed by atoms with E-state index in [9.17, 15) is 0 Å². The van der Waals surface area contributed by atoms with Gasteiger partial charge in [-0.15, -0.1) is 0 Å². The Morgan fingerprint density at radius 2 is 0.900 bits per heavy atom. The Hall–Kier alpha value is 0. The molecule has 0 saturated carbocycles. The molecule has 2 atom stereocenters. The fraction of sp³-hybridized carbons (Fsp3) is 1.00. The van der Waals surface area contributed by atoms with Crippen LogP contribution in [0.15, 0.2) is 0 Å². The van der Waals surface area contributed by atoms with Crippen molar-refractivity contribution in [2.75, 3.05) is 0 Å². The Bertz CT molecular complexity index is 311. The van der Waals surface area contributed by atoms with Crippen molar-refractivity contribution in [3.05, 3.63) is 0 Å². The van der Waals surface area contributed by atoms with Crippen molar-refractivity contribution in [3.63, 3.8) is 0 Å². The molecule has 0 aromatic heterocycles. The summed E-state index contributed by atoms with van der Waals surface area (Å²) in [6.45, 7) is 31.7. The molecule has 0 saturated heterocycles. The summed E-state index contributed by atoms with van der Waals surface area (Å²) in [7, 11) is 0. The molecule has 0 amide bonds. The van der Waals surface area contributed by atoms with Crippen LogP contribution in [0.2, 0.25) is 0 Å². The highest BCUT2D eigenvalue weighted by Gasteiger charge is 2.55. The third-order valence-electron chi connectivity index (χ3n) is 7.92. The van der Waals surface area contributed by atoms with E-state index in [1.165, 1.54) is 0 Å². The van der Waals surface area contributed by atoms with Crippen LogP contribution in [0.25, 0.3) is 0 Å². The lowest BCUT2D eigenvalue weighted by molar-refractivity contribution is -0.129. The summed E-state index contributed by atoms with van der Waals surface area (Å²) in [5.74, 6) is 2.04. The standard InChI is InChI=1S/C20H42/c1-14(2)18(9,10)16(5)20(13,15(3)4)19(11,12)17(6,7)8/h14-16H,1-13H3. The molecule has 0 spiro atoms. The minimum Gasteiger partial charge on any atom is -0.0623 e. The molecule has 0 aliphatic heterocycles. The predicted octanol–water partition coefficient (Wildman–Crippen LogP) is 7.04. The predicted molar refractivity (Wildman–Crippen MR) is 94.0 cm³/mol. The minimum atomic E-state index is 0.278. The molecule has 20 heavy (non-hydrogen) atoms. The van der Waals surface area contributed by atoms with Crippen LogP contribution < -0.4 is 0 Å². The zero-order valence-electron chi connectivity index (χ0n) is 16.7. The Morgan fingerprint density at radius 1 is 0.550 bits per heavy atom. The van der Waals surface area contributed by atoms with E-state index in [4.69, 9.17) is 0 Å². The van der Waals surface area contributed by atoms with Crippen molar-refractivity contribution < 1.29 is 0 Å². The van der Waals surface area contributed by atoms with E-state index in [0.29, 0.717) is 34.0 Å². The summed E-state index contributed by atoms with van der Waals surface area (Å²) in [6, 6.07) is 0. The highest BCUT2D eigenvalue weighted by molar-refractivity contribution is 5.04. The van der Waals surface area contributed by atoms with Gasteiger partial charge in [0.2, 0.25) is 0 Å². The van der Waals surface area contributed by atoms with Gasteiger partial charge in [0.1, 0.15) is 0 Å². The van der Waals surface area contributed by atoms with Crippen molar-refractivity contribution in [1.82, 2.24) is 0 Å². The summed E-state index contributed by atoms with van der Waals surface area (Å²) in [6.07, 6.45) is 0. The van der Waals surface area contributed by atoms with E-state index in [-0.39, 0.29) is 5.41 Å². The lowest BCUT2D eigenvalue weighted by Gasteiger charge is -2.61. The van der Waals surface area contributed by atoms with Crippen LogP contribution in [0.3, 0.4) is 0 Å². The van der Waals surface area contributed by atoms with Crippen molar-refractivity contribution in [2.45, 2.75) is 90.0 Å². The van der Waals surface area contributed by atoms with Gasteiger partial charge in [-0.2, -0.15) is 0 Å². The zero-order chi connectivity index (χ0) is 16.7. The molecule has 0 rings (SSSR count). The summed E-state index contributed by atoms with van der Waals surface area (Å²) >= 11 is 0. The molecule has 122 valence electrons. The molecule has 0 aromatic rings. The molecule has 0 aliphatic rings. The second-order valence-electron chi connectivity index (χ2n) is 10.0. The first-order valence-corrected chi connectivity index (χ1v) is 8.54. The SMILES string of the molecule is CC(C)C(C)(C)C(C)C(C)(C(C)C)C(C)(C)C(C)(C)C. The summed E-state index contributed by atoms with van der Waals surface area (Å²) < 4.78 is 0. The van der Waals surface area contributed by atoms with Gasteiger partial charge in [-0.05, 0) is 39.4 Å². The lowest BCUT2D eigenvalue weighted by atomic mass is 9.44. The van der Waals surface area contributed by atoms with Crippen LogP contribution in [0.5, 0.6) is 0 Å². The maximum atomic E-state index is 2.54. The molecular formula is C20H42. The molecular weight excluding hydrogens is 240 g/mol. The minimum absolute atomic E-state index is 0.278. The monoisotopic (exact) mass is 282 g/mol. The second-order valence-corrected chi connectivity index (χ2v) is 10.0. The first-order chi connectivity index (χ1) is 8.54. The Labute approximate surface area is 130 Å². The molecule has 0 fully saturated rings. The van der Waals surface area contributed by atoms with Crippen molar-refractivity contribution in [2.24, 2.45) is 39.4 Å². The highest BCUT2D eigenvalue weighted by Crippen LogP contribution is 2.62. The van der Waals surface area contributed by atoms with Gasteiger partial charge in [-0.1, -0.05) is 90.0 Å². The van der Waals surface area contributed by atoms with E-state index in [0.717, 1.165) is 0 Å². The molecule has 0 heterocycles. The smallest absolute Gasteiger partial charge is 0.0216 e. The molecule has 0 nitrogen and oxygen atoms in total. The van der Waals surface area contributed by atoms with E-state index in [1.54, 1.807) is 0 Å². The van der Waals surface area contributed by atoms with E-state index in [1.807, 2.05) is 0 Å². The van der Waals surface area contributed by atoms with Gasteiger partial charge in [0.25, 0.3) is 0 Å². The van der Waals surface area contributed by atoms with Gasteiger partial charge >= 0.3 is 0 Å². The number of hydrogen-bond acceptors (Lipinski definition) is 0. The van der Waals surface area contributed by atoms with Crippen molar-refractivity contribution in [3.8, 4) is 0 Å². The normalized spacial score (nSPS) is 19.4. The lowest BCUT2D eigenvalue weighted by Crippen LogP contribution is -2.55. The van der Waals surface area contributed by atoms with Gasteiger partial charge in [0, 0.05) is 0 Å².